The normalized spacial score (nSPS) is 16.6. The standard InChI is InChI=1S/C18H19N3O5/c1-3-24-14(22)8-13-12(9-19)15(11-6-5-7-21-10-11)16(17(20)26-13)18(23)25-4-2/h5-7,10,15H,3-4,8,20H2,1-2H3/t15-/m1/s1. The monoisotopic (exact) mass is 357 g/mol. The van der Waals surface area contributed by atoms with Crippen molar-refractivity contribution < 1.29 is 23.8 Å². The summed E-state index contributed by atoms with van der Waals surface area (Å²) in [5.74, 6) is -2.26. The van der Waals surface area contributed by atoms with Crippen LogP contribution >= 0.6 is 0 Å². The van der Waals surface area contributed by atoms with Gasteiger partial charge >= 0.3 is 11.9 Å². The molecule has 2 heterocycles. The summed E-state index contributed by atoms with van der Waals surface area (Å²) in [4.78, 5) is 28.3. The van der Waals surface area contributed by atoms with Gasteiger partial charge in [-0.05, 0) is 25.5 Å². The molecule has 0 unspecified atom stereocenters. The Kier molecular flexibility index (Phi) is 6.33. The number of allylic oxidation sites excluding steroid dienone is 1. The van der Waals surface area contributed by atoms with Crippen molar-refractivity contribution in [2.24, 2.45) is 5.73 Å². The van der Waals surface area contributed by atoms with Gasteiger partial charge < -0.3 is 19.9 Å². The zero-order chi connectivity index (χ0) is 19.1. The maximum absolute atomic E-state index is 12.4. The second kappa shape index (κ2) is 8.67. The quantitative estimate of drug-likeness (QED) is 0.762. The highest BCUT2D eigenvalue weighted by atomic mass is 16.5. The molecule has 2 rings (SSSR count). The maximum Gasteiger partial charge on any atom is 0.340 e. The molecule has 0 saturated carbocycles. The van der Waals surface area contributed by atoms with Crippen LogP contribution in [-0.2, 0) is 23.8 Å². The molecule has 0 aliphatic carbocycles. The highest BCUT2D eigenvalue weighted by molar-refractivity contribution is 5.92. The molecule has 1 aliphatic rings. The van der Waals surface area contributed by atoms with Gasteiger partial charge in [0.15, 0.2) is 0 Å². The van der Waals surface area contributed by atoms with Crippen molar-refractivity contribution in [2.75, 3.05) is 13.2 Å². The third-order valence-electron chi connectivity index (χ3n) is 3.62. The van der Waals surface area contributed by atoms with Gasteiger partial charge in [-0.1, -0.05) is 6.07 Å². The first-order chi connectivity index (χ1) is 12.5. The number of rotatable bonds is 6. The largest absolute Gasteiger partial charge is 0.466 e. The van der Waals surface area contributed by atoms with E-state index in [-0.39, 0.29) is 42.4 Å². The molecule has 8 nitrogen and oxygen atoms in total. The molecule has 2 N–H and O–H groups in total. The SMILES string of the molecule is CCOC(=O)CC1=C(C#N)[C@@H](c2cccnc2)C(C(=O)OCC)=C(N)O1. The highest BCUT2D eigenvalue weighted by Crippen LogP contribution is 2.40. The first-order valence-corrected chi connectivity index (χ1v) is 8.06. The van der Waals surface area contributed by atoms with Crippen LogP contribution in [0.25, 0.3) is 0 Å². The lowest BCUT2D eigenvalue weighted by Crippen LogP contribution is -2.27. The summed E-state index contributed by atoms with van der Waals surface area (Å²) in [5, 5.41) is 9.68. The molecule has 0 aromatic carbocycles. The van der Waals surface area contributed by atoms with Gasteiger partial charge in [-0.3, -0.25) is 9.78 Å². The zero-order valence-corrected chi connectivity index (χ0v) is 14.5. The number of pyridine rings is 1. The van der Waals surface area contributed by atoms with Crippen LogP contribution in [0.2, 0.25) is 0 Å². The molecule has 136 valence electrons. The third-order valence-corrected chi connectivity index (χ3v) is 3.62. The van der Waals surface area contributed by atoms with E-state index in [0.717, 1.165) is 0 Å². The minimum atomic E-state index is -0.842. The van der Waals surface area contributed by atoms with E-state index in [1.807, 2.05) is 6.07 Å². The van der Waals surface area contributed by atoms with Gasteiger partial charge in [0.1, 0.15) is 17.8 Å². The number of nitrogens with two attached hydrogens (primary N) is 1. The summed E-state index contributed by atoms with van der Waals surface area (Å²) < 4.78 is 15.4. The van der Waals surface area contributed by atoms with Gasteiger partial charge in [0.05, 0.1) is 30.8 Å². The molecule has 1 aliphatic heterocycles. The topological polar surface area (TPSA) is 125 Å². The Hall–Kier alpha value is -3.34. The van der Waals surface area contributed by atoms with Gasteiger partial charge in [-0.15, -0.1) is 0 Å². The minimum Gasteiger partial charge on any atom is -0.466 e. The third kappa shape index (κ3) is 4.00. The number of ether oxygens (including phenoxy) is 3. The smallest absolute Gasteiger partial charge is 0.340 e. The van der Waals surface area contributed by atoms with Crippen molar-refractivity contribution in [3.05, 3.63) is 52.9 Å². The average molecular weight is 357 g/mol. The number of carbonyl (C=O) groups is 2. The van der Waals surface area contributed by atoms with Crippen molar-refractivity contribution in [3.63, 3.8) is 0 Å². The Labute approximate surface area is 150 Å². The Balaban J connectivity index is 2.55. The van der Waals surface area contributed by atoms with E-state index in [1.54, 1.807) is 32.2 Å². The van der Waals surface area contributed by atoms with Crippen molar-refractivity contribution >= 4 is 11.9 Å². The molecule has 8 heteroatoms. The van der Waals surface area contributed by atoms with E-state index in [0.29, 0.717) is 5.56 Å². The fourth-order valence-electron chi connectivity index (χ4n) is 2.60. The minimum absolute atomic E-state index is 0.00371. The Morgan fingerprint density at radius 3 is 2.65 bits per heavy atom. The molecule has 0 spiro atoms. The number of esters is 2. The molecule has 0 radical (unpaired) electrons. The van der Waals surface area contributed by atoms with Crippen LogP contribution in [0.15, 0.2) is 47.3 Å². The van der Waals surface area contributed by atoms with Crippen LogP contribution < -0.4 is 5.73 Å². The van der Waals surface area contributed by atoms with Crippen LogP contribution in [0.3, 0.4) is 0 Å². The second-order valence-corrected chi connectivity index (χ2v) is 5.25. The van der Waals surface area contributed by atoms with E-state index < -0.39 is 17.9 Å². The molecule has 26 heavy (non-hydrogen) atoms. The molecule has 1 aromatic heterocycles. The Bertz CT molecular complexity index is 793. The van der Waals surface area contributed by atoms with E-state index in [1.165, 1.54) is 6.20 Å². The second-order valence-electron chi connectivity index (χ2n) is 5.25. The molecule has 0 fully saturated rings. The number of carbonyl (C=O) groups excluding carboxylic acids is 2. The maximum atomic E-state index is 12.4. The molecular weight excluding hydrogens is 338 g/mol. The predicted molar refractivity (Wildman–Crippen MR) is 89.8 cm³/mol. The van der Waals surface area contributed by atoms with Gasteiger partial charge in [0.25, 0.3) is 0 Å². The van der Waals surface area contributed by atoms with Crippen LogP contribution in [-0.4, -0.2) is 30.1 Å². The molecule has 1 aromatic rings. The summed E-state index contributed by atoms with van der Waals surface area (Å²) >= 11 is 0. The Morgan fingerprint density at radius 1 is 1.35 bits per heavy atom. The van der Waals surface area contributed by atoms with Crippen LogP contribution in [0, 0.1) is 11.3 Å². The summed E-state index contributed by atoms with van der Waals surface area (Å²) in [6, 6.07) is 5.39. The first kappa shape index (κ1) is 19.0. The number of hydrogen-bond donors (Lipinski definition) is 1. The molecule has 0 saturated heterocycles. The first-order valence-electron chi connectivity index (χ1n) is 8.06. The average Bonchev–Trinajstić information content (AvgIpc) is 2.62. The van der Waals surface area contributed by atoms with Crippen molar-refractivity contribution in [1.29, 1.82) is 5.26 Å². The predicted octanol–water partition coefficient (Wildman–Crippen LogP) is 1.66. The van der Waals surface area contributed by atoms with Crippen molar-refractivity contribution in [2.45, 2.75) is 26.2 Å². The number of nitriles is 1. The number of aromatic nitrogens is 1. The van der Waals surface area contributed by atoms with Crippen molar-refractivity contribution in [3.8, 4) is 6.07 Å². The lowest BCUT2D eigenvalue weighted by molar-refractivity contribution is -0.142. The summed E-state index contributed by atoms with van der Waals surface area (Å²) in [5.41, 5.74) is 6.58. The summed E-state index contributed by atoms with van der Waals surface area (Å²) in [6.45, 7) is 3.66. The van der Waals surface area contributed by atoms with Gasteiger partial charge in [-0.25, -0.2) is 4.79 Å². The van der Waals surface area contributed by atoms with Crippen LogP contribution in [0.4, 0.5) is 0 Å². The fraction of sp³-hybridized carbons (Fsp3) is 0.333. The molecular formula is C18H19N3O5. The van der Waals surface area contributed by atoms with Gasteiger partial charge in [0.2, 0.25) is 5.88 Å². The van der Waals surface area contributed by atoms with Crippen LogP contribution in [0.5, 0.6) is 0 Å². The van der Waals surface area contributed by atoms with E-state index >= 15 is 0 Å². The van der Waals surface area contributed by atoms with E-state index in [4.69, 9.17) is 19.9 Å². The van der Waals surface area contributed by atoms with E-state index in [2.05, 4.69) is 4.98 Å². The number of nitrogens with zero attached hydrogens (tertiary/aromatic N) is 2. The Morgan fingerprint density at radius 2 is 2.08 bits per heavy atom. The zero-order valence-electron chi connectivity index (χ0n) is 14.5. The van der Waals surface area contributed by atoms with Gasteiger partial charge in [0, 0.05) is 12.4 Å². The lowest BCUT2D eigenvalue weighted by Gasteiger charge is -2.27. The van der Waals surface area contributed by atoms with Crippen molar-refractivity contribution in [1.82, 2.24) is 4.98 Å². The number of hydrogen-bond acceptors (Lipinski definition) is 8. The van der Waals surface area contributed by atoms with E-state index in [9.17, 15) is 14.9 Å². The molecule has 1 atom stereocenters. The van der Waals surface area contributed by atoms with Crippen LogP contribution in [0.1, 0.15) is 31.7 Å². The molecule has 0 amide bonds. The van der Waals surface area contributed by atoms with Gasteiger partial charge in [-0.2, -0.15) is 5.26 Å². The lowest BCUT2D eigenvalue weighted by atomic mass is 9.83. The fourth-order valence-corrected chi connectivity index (χ4v) is 2.60. The summed E-state index contributed by atoms with van der Waals surface area (Å²) in [7, 11) is 0. The summed E-state index contributed by atoms with van der Waals surface area (Å²) in [6.07, 6.45) is 2.81. The molecule has 0 bridgehead atoms. The highest BCUT2D eigenvalue weighted by Gasteiger charge is 2.38.